The molecule has 0 aromatic heterocycles. The van der Waals surface area contributed by atoms with Crippen LogP contribution < -0.4 is 5.32 Å². The Labute approximate surface area is 172 Å². The first-order chi connectivity index (χ1) is 12.9. The van der Waals surface area contributed by atoms with Gasteiger partial charge in [-0.1, -0.05) is 18.6 Å². The topological polar surface area (TPSA) is 86.8 Å². The maximum absolute atomic E-state index is 13.2. The zero-order valence-corrected chi connectivity index (χ0v) is 17.7. The van der Waals surface area contributed by atoms with Crippen molar-refractivity contribution in [2.45, 2.75) is 43.5 Å². The van der Waals surface area contributed by atoms with Crippen molar-refractivity contribution < 1.29 is 18.0 Å². The van der Waals surface area contributed by atoms with Gasteiger partial charge in [0.05, 0.1) is 4.90 Å². The van der Waals surface area contributed by atoms with Crippen molar-refractivity contribution in [1.29, 1.82) is 0 Å². The lowest BCUT2D eigenvalue weighted by molar-refractivity contribution is -0.136. The first kappa shape index (κ1) is 22.8. The van der Waals surface area contributed by atoms with E-state index in [1.54, 1.807) is 4.90 Å². The summed E-state index contributed by atoms with van der Waals surface area (Å²) in [4.78, 5) is 26.4. The first-order valence-corrected chi connectivity index (χ1v) is 11.0. The number of rotatable bonds is 4. The standard InChI is InChI=1S/C19H27N3O4S.ClH/c1-15(23)16-6-8-17(9-7-16)27(25,26)22-13-3-2-5-18(22)19(24)21-12-4-10-20-11-14-21;/h6-9,18,20H,2-5,10-14H2,1H3;1H. The van der Waals surface area contributed by atoms with E-state index in [4.69, 9.17) is 0 Å². The van der Waals surface area contributed by atoms with Crippen molar-refractivity contribution >= 4 is 34.1 Å². The van der Waals surface area contributed by atoms with E-state index in [2.05, 4.69) is 5.32 Å². The van der Waals surface area contributed by atoms with E-state index in [-0.39, 0.29) is 29.0 Å². The highest BCUT2D eigenvalue weighted by atomic mass is 35.5. The highest BCUT2D eigenvalue weighted by Crippen LogP contribution is 2.27. The van der Waals surface area contributed by atoms with Gasteiger partial charge in [-0.05, 0) is 44.9 Å². The highest BCUT2D eigenvalue weighted by molar-refractivity contribution is 7.89. The summed E-state index contributed by atoms with van der Waals surface area (Å²) >= 11 is 0. The summed E-state index contributed by atoms with van der Waals surface area (Å²) < 4.78 is 27.7. The number of amides is 1. The minimum absolute atomic E-state index is 0. The number of carbonyl (C=O) groups excluding carboxylic acids is 2. The smallest absolute Gasteiger partial charge is 0.243 e. The molecule has 0 bridgehead atoms. The number of piperidine rings is 1. The van der Waals surface area contributed by atoms with E-state index < -0.39 is 16.1 Å². The molecule has 0 spiro atoms. The summed E-state index contributed by atoms with van der Waals surface area (Å²) in [5.74, 6) is -0.206. The van der Waals surface area contributed by atoms with Crippen LogP contribution in [0.3, 0.4) is 0 Å². The van der Waals surface area contributed by atoms with E-state index >= 15 is 0 Å². The Morgan fingerprint density at radius 1 is 1.00 bits per heavy atom. The van der Waals surface area contributed by atoms with Crippen LogP contribution in [0.4, 0.5) is 0 Å². The third-order valence-corrected chi connectivity index (χ3v) is 7.18. The van der Waals surface area contributed by atoms with Gasteiger partial charge in [-0.15, -0.1) is 12.4 Å². The molecule has 0 radical (unpaired) electrons. The Morgan fingerprint density at radius 2 is 1.71 bits per heavy atom. The third kappa shape index (κ3) is 4.92. The van der Waals surface area contributed by atoms with Gasteiger partial charge in [0.1, 0.15) is 6.04 Å². The van der Waals surface area contributed by atoms with Gasteiger partial charge in [0.2, 0.25) is 15.9 Å². The Morgan fingerprint density at radius 3 is 2.39 bits per heavy atom. The predicted octanol–water partition coefficient (Wildman–Crippen LogP) is 1.68. The van der Waals surface area contributed by atoms with Crippen LogP contribution in [-0.2, 0) is 14.8 Å². The molecule has 3 rings (SSSR count). The van der Waals surface area contributed by atoms with Crippen LogP contribution in [0.5, 0.6) is 0 Å². The average Bonchev–Trinajstić information content (AvgIpc) is 2.97. The molecule has 9 heteroatoms. The summed E-state index contributed by atoms with van der Waals surface area (Å²) in [6, 6.07) is 5.32. The molecule has 2 aliphatic heterocycles. The molecule has 0 aliphatic carbocycles. The molecule has 28 heavy (non-hydrogen) atoms. The van der Waals surface area contributed by atoms with Gasteiger partial charge in [0, 0.05) is 31.7 Å². The van der Waals surface area contributed by atoms with E-state index in [0.29, 0.717) is 31.6 Å². The molecule has 2 heterocycles. The summed E-state index contributed by atoms with van der Waals surface area (Å²) in [5.41, 5.74) is 0.470. The predicted molar refractivity (Wildman–Crippen MR) is 109 cm³/mol. The molecule has 1 amide bonds. The fourth-order valence-corrected chi connectivity index (χ4v) is 5.36. The summed E-state index contributed by atoms with van der Waals surface area (Å²) in [7, 11) is -3.79. The van der Waals surface area contributed by atoms with Gasteiger partial charge < -0.3 is 10.2 Å². The molecule has 1 aromatic rings. The number of sulfonamides is 1. The van der Waals surface area contributed by atoms with Crippen LogP contribution in [-0.4, -0.2) is 68.1 Å². The number of halogens is 1. The van der Waals surface area contributed by atoms with E-state index in [1.165, 1.54) is 35.5 Å². The Bertz CT molecular complexity index is 790. The fourth-order valence-electron chi connectivity index (χ4n) is 3.71. The van der Waals surface area contributed by atoms with Crippen molar-refractivity contribution in [1.82, 2.24) is 14.5 Å². The lowest BCUT2D eigenvalue weighted by atomic mass is 10.0. The van der Waals surface area contributed by atoms with E-state index in [9.17, 15) is 18.0 Å². The second-order valence-electron chi connectivity index (χ2n) is 7.14. The first-order valence-electron chi connectivity index (χ1n) is 9.53. The zero-order chi connectivity index (χ0) is 19.4. The summed E-state index contributed by atoms with van der Waals surface area (Å²) in [6.45, 7) is 4.66. The number of ketones is 1. The number of carbonyl (C=O) groups is 2. The van der Waals surface area contributed by atoms with Crippen LogP contribution >= 0.6 is 12.4 Å². The van der Waals surface area contributed by atoms with Gasteiger partial charge >= 0.3 is 0 Å². The molecule has 1 atom stereocenters. The average molecular weight is 430 g/mol. The van der Waals surface area contributed by atoms with Gasteiger partial charge in [0.15, 0.2) is 5.78 Å². The van der Waals surface area contributed by atoms with Crippen molar-refractivity contribution in [3.05, 3.63) is 29.8 Å². The minimum Gasteiger partial charge on any atom is -0.340 e. The molecule has 2 saturated heterocycles. The monoisotopic (exact) mass is 429 g/mol. The number of hydrogen-bond acceptors (Lipinski definition) is 5. The summed E-state index contributed by atoms with van der Waals surface area (Å²) in [6.07, 6.45) is 3.01. The Balaban J connectivity index is 0.00000280. The second-order valence-corrected chi connectivity index (χ2v) is 9.03. The van der Waals surface area contributed by atoms with E-state index in [1.807, 2.05) is 0 Å². The van der Waals surface area contributed by atoms with Gasteiger partial charge in [-0.25, -0.2) is 8.42 Å². The maximum atomic E-state index is 13.2. The Hall–Kier alpha value is -1.48. The number of benzene rings is 1. The molecule has 0 saturated carbocycles. The van der Waals surface area contributed by atoms with Crippen LogP contribution in [0.2, 0.25) is 0 Å². The van der Waals surface area contributed by atoms with Crippen LogP contribution in [0.25, 0.3) is 0 Å². The molecule has 2 fully saturated rings. The second kappa shape index (κ2) is 9.82. The zero-order valence-electron chi connectivity index (χ0n) is 16.1. The lowest BCUT2D eigenvalue weighted by Crippen LogP contribution is -2.53. The number of nitrogens with one attached hydrogen (secondary N) is 1. The van der Waals surface area contributed by atoms with E-state index in [0.717, 1.165) is 32.4 Å². The number of Topliss-reactive ketones (excluding diaryl/α,β-unsaturated/α-hetero) is 1. The Kier molecular flexibility index (Phi) is 8.00. The van der Waals surface area contributed by atoms with Gasteiger partial charge in [-0.2, -0.15) is 4.31 Å². The molecule has 1 aromatic carbocycles. The van der Waals surface area contributed by atoms with Crippen LogP contribution in [0, 0.1) is 0 Å². The van der Waals surface area contributed by atoms with Crippen molar-refractivity contribution in [3.63, 3.8) is 0 Å². The van der Waals surface area contributed by atoms with Crippen molar-refractivity contribution in [3.8, 4) is 0 Å². The highest BCUT2D eigenvalue weighted by Gasteiger charge is 2.39. The molecule has 1 unspecified atom stereocenters. The largest absolute Gasteiger partial charge is 0.340 e. The molecule has 156 valence electrons. The molecular formula is C19H28ClN3O4S. The number of hydrogen-bond donors (Lipinski definition) is 1. The molecule has 1 N–H and O–H groups in total. The molecular weight excluding hydrogens is 402 g/mol. The summed E-state index contributed by atoms with van der Waals surface area (Å²) in [5, 5.41) is 3.26. The lowest BCUT2D eigenvalue weighted by Gasteiger charge is -2.36. The third-order valence-electron chi connectivity index (χ3n) is 5.26. The van der Waals surface area contributed by atoms with Crippen molar-refractivity contribution in [2.24, 2.45) is 0 Å². The van der Waals surface area contributed by atoms with Crippen LogP contribution in [0.15, 0.2) is 29.2 Å². The van der Waals surface area contributed by atoms with Gasteiger partial charge in [-0.3, -0.25) is 9.59 Å². The SMILES string of the molecule is CC(=O)c1ccc(S(=O)(=O)N2CCCCC2C(=O)N2CCCNCC2)cc1.Cl. The van der Waals surface area contributed by atoms with Gasteiger partial charge in [0.25, 0.3) is 0 Å². The normalized spacial score (nSPS) is 21.5. The van der Waals surface area contributed by atoms with Crippen molar-refractivity contribution in [2.75, 3.05) is 32.7 Å². The quantitative estimate of drug-likeness (QED) is 0.736. The number of nitrogens with zero attached hydrogens (tertiary/aromatic N) is 2. The molecule has 2 aliphatic rings. The molecule has 7 nitrogen and oxygen atoms in total. The maximum Gasteiger partial charge on any atom is 0.243 e. The fraction of sp³-hybridized carbons (Fsp3) is 0.579. The minimum atomic E-state index is -3.79. The van der Waals surface area contributed by atoms with Crippen LogP contribution in [0.1, 0.15) is 43.0 Å².